The van der Waals surface area contributed by atoms with Gasteiger partial charge < -0.3 is 10.6 Å². The number of hydrogen-bond acceptors (Lipinski definition) is 3. The first-order valence-corrected chi connectivity index (χ1v) is 11.3. The van der Waals surface area contributed by atoms with Crippen molar-refractivity contribution in [3.05, 3.63) is 65.5 Å². The Hall–Kier alpha value is -2.45. The lowest BCUT2D eigenvalue weighted by atomic mass is 10.1. The van der Waals surface area contributed by atoms with Crippen LogP contribution in [0, 0.1) is 5.82 Å². The van der Waals surface area contributed by atoms with E-state index >= 15 is 0 Å². The summed E-state index contributed by atoms with van der Waals surface area (Å²) in [6, 6.07) is 13.6. The molecule has 1 saturated carbocycles. The van der Waals surface area contributed by atoms with E-state index in [1.54, 1.807) is 36.4 Å². The molecule has 6 nitrogen and oxygen atoms in total. The summed E-state index contributed by atoms with van der Waals surface area (Å²) in [6.45, 7) is 3.64. The standard InChI is InChI=1S/C21H27FN4O2S/c1-2-23-21(24-14-13-17-5-3-4-6-20(17)22)25-15-16-7-11-19(12-8-16)29(27,28)26-18-9-10-18/h3-8,11-12,18,26H,2,9-10,13-15H2,1H3,(H2,23,24,25). The van der Waals surface area contributed by atoms with Crippen LogP contribution in [0.2, 0.25) is 0 Å². The van der Waals surface area contributed by atoms with Gasteiger partial charge in [0.15, 0.2) is 5.96 Å². The summed E-state index contributed by atoms with van der Waals surface area (Å²) in [6.07, 6.45) is 2.37. The molecule has 0 saturated heterocycles. The molecule has 1 aliphatic carbocycles. The summed E-state index contributed by atoms with van der Waals surface area (Å²) < 4.78 is 40.8. The summed E-state index contributed by atoms with van der Waals surface area (Å²) in [5.74, 6) is 0.429. The van der Waals surface area contributed by atoms with Crippen LogP contribution in [0.4, 0.5) is 4.39 Å². The van der Waals surface area contributed by atoms with E-state index in [-0.39, 0.29) is 16.8 Å². The van der Waals surface area contributed by atoms with Gasteiger partial charge in [-0.1, -0.05) is 30.3 Å². The number of sulfonamides is 1. The SMILES string of the molecule is CCNC(=NCc1ccc(S(=O)(=O)NC2CC2)cc1)NCCc1ccccc1F. The van der Waals surface area contributed by atoms with E-state index in [0.717, 1.165) is 18.4 Å². The topological polar surface area (TPSA) is 82.6 Å². The molecule has 0 aromatic heterocycles. The number of guanidine groups is 1. The van der Waals surface area contributed by atoms with Gasteiger partial charge in [0.05, 0.1) is 11.4 Å². The van der Waals surface area contributed by atoms with Crippen LogP contribution in [-0.4, -0.2) is 33.5 Å². The van der Waals surface area contributed by atoms with Crippen LogP contribution in [0.5, 0.6) is 0 Å². The lowest BCUT2D eigenvalue weighted by Gasteiger charge is -2.12. The molecule has 8 heteroatoms. The Morgan fingerprint density at radius 3 is 2.48 bits per heavy atom. The van der Waals surface area contributed by atoms with Gasteiger partial charge in [-0.3, -0.25) is 0 Å². The second-order valence-electron chi connectivity index (χ2n) is 7.00. The number of aliphatic imine (C=N–C) groups is 1. The maximum Gasteiger partial charge on any atom is 0.240 e. The van der Waals surface area contributed by atoms with Crippen molar-refractivity contribution in [2.24, 2.45) is 4.99 Å². The molecule has 0 radical (unpaired) electrons. The van der Waals surface area contributed by atoms with E-state index in [1.165, 1.54) is 6.07 Å². The highest BCUT2D eigenvalue weighted by molar-refractivity contribution is 7.89. The summed E-state index contributed by atoms with van der Waals surface area (Å²) in [7, 11) is -3.44. The van der Waals surface area contributed by atoms with Crippen LogP contribution in [0.1, 0.15) is 30.9 Å². The zero-order valence-electron chi connectivity index (χ0n) is 16.5. The Kier molecular flexibility index (Phi) is 7.22. The largest absolute Gasteiger partial charge is 0.357 e. The molecule has 2 aromatic carbocycles. The molecule has 2 aromatic rings. The summed E-state index contributed by atoms with van der Waals surface area (Å²) in [5.41, 5.74) is 1.56. The Balaban J connectivity index is 1.55. The van der Waals surface area contributed by atoms with Crippen molar-refractivity contribution in [1.82, 2.24) is 15.4 Å². The van der Waals surface area contributed by atoms with E-state index in [9.17, 15) is 12.8 Å². The second kappa shape index (κ2) is 9.84. The molecular weight excluding hydrogens is 391 g/mol. The molecule has 0 unspecified atom stereocenters. The van der Waals surface area contributed by atoms with Gasteiger partial charge in [0, 0.05) is 19.1 Å². The van der Waals surface area contributed by atoms with E-state index in [1.807, 2.05) is 13.0 Å². The van der Waals surface area contributed by atoms with Gasteiger partial charge in [-0.2, -0.15) is 0 Å². The fourth-order valence-corrected chi connectivity index (χ4v) is 4.10. The first kappa shape index (κ1) is 21.3. The fourth-order valence-electron chi connectivity index (χ4n) is 2.79. The Morgan fingerprint density at radius 1 is 1.10 bits per heavy atom. The van der Waals surface area contributed by atoms with Crippen LogP contribution in [0.25, 0.3) is 0 Å². The molecule has 0 heterocycles. The molecule has 0 atom stereocenters. The van der Waals surface area contributed by atoms with Crippen LogP contribution in [0.3, 0.4) is 0 Å². The molecule has 3 rings (SSSR count). The molecule has 0 amide bonds. The number of nitrogens with zero attached hydrogens (tertiary/aromatic N) is 1. The average molecular weight is 419 g/mol. The molecule has 0 aliphatic heterocycles. The number of halogens is 1. The first-order valence-electron chi connectivity index (χ1n) is 9.85. The monoisotopic (exact) mass is 418 g/mol. The molecule has 29 heavy (non-hydrogen) atoms. The zero-order valence-corrected chi connectivity index (χ0v) is 17.3. The lowest BCUT2D eigenvalue weighted by molar-refractivity contribution is 0.581. The minimum atomic E-state index is -3.44. The van der Waals surface area contributed by atoms with E-state index in [2.05, 4.69) is 20.3 Å². The van der Waals surface area contributed by atoms with Crippen molar-refractivity contribution in [2.75, 3.05) is 13.1 Å². The van der Waals surface area contributed by atoms with Crippen molar-refractivity contribution in [2.45, 2.75) is 43.7 Å². The number of nitrogens with one attached hydrogen (secondary N) is 3. The Bertz CT molecular complexity index is 941. The molecule has 0 bridgehead atoms. The van der Waals surface area contributed by atoms with Crippen molar-refractivity contribution >= 4 is 16.0 Å². The maximum absolute atomic E-state index is 13.7. The van der Waals surface area contributed by atoms with Gasteiger partial charge >= 0.3 is 0 Å². The van der Waals surface area contributed by atoms with Crippen molar-refractivity contribution in [3.8, 4) is 0 Å². The third-order valence-electron chi connectivity index (χ3n) is 4.54. The quantitative estimate of drug-likeness (QED) is 0.432. The summed E-state index contributed by atoms with van der Waals surface area (Å²) >= 11 is 0. The van der Waals surface area contributed by atoms with Crippen molar-refractivity contribution in [1.29, 1.82) is 0 Å². The summed E-state index contributed by atoms with van der Waals surface area (Å²) in [5, 5.41) is 6.35. The van der Waals surface area contributed by atoms with Crippen molar-refractivity contribution in [3.63, 3.8) is 0 Å². The number of rotatable bonds is 9. The van der Waals surface area contributed by atoms with Crippen molar-refractivity contribution < 1.29 is 12.8 Å². The van der Waals surface area contributed by atoms with Crippen LogP contribution in [0.15, 0.2) is 58.4 Å². The van der Waals surface area contributed by atoms with Crippen LogP contribution < -0.4 is 15.4 Å². The maximum atomic E-state index is 13.7. The average Bonchev–Trinajstić information content (AvgIpc) is 3.51. The second-order valence-corrected chi connectivity index (χ2v) is 8.72. The smallest absolute Gasteiger partial charge is 0.240 e. The van der Waals surface area contributed by atoms with Gasteiger partial charge in [-0.15, -0.1) is 0 Å². The Labute approximate surface area is 171 Å². The highest BCUT2D eigenvalue weighted by atomic mass is 32.2. The predicted molar refractivity (Wildman–Crippen MR) is 113 cm³/mol. The molecule has 3 N–H and O–H groups in total. The minimum absolute atomic E-state index is 0.0855. The van der Waals surface area contributed by atoms with E-state index in [0.29, 0.717) is 37.6 Å². The third-order valence-corrected chi connectivity index (χ3v) is 6.08. The molecular formula is C21H27FN4O2S. The van der Waals surface area contributed by atoms with Gasteiger partial charge in [0.1, 0.15) is 5.82 Å². The number of hydrogen-bond donors (Lipinski definition) is 3. The van der Waals surface area contributed by atoms with E-state index < -0.39 is 10.0 Å². The molecule has 156 valence electrons. The fraction of sp³-hybridized carbons (Fsp3) is 0.381. The predicted octanol–water partition coefficient (Wildman–Crippen LogP) is 2.56. The first-order chi connectivity index (χ1) is 14.0. The zero-order chi connectivity index (χ0) is 20.7. The normalized spacial score (nSPS) is 14.6. The highest BCUT2D eigenvalue weighted by Gasteiger charge is 2.27. The Morgan fingerprint density at radius 2 is 1.83 bits per heavy atom. The van der Waals surface area contributed by atoms with Crippen LogP contribution >= 0.6 is 0 Å². The highest BCUT2D eigenvalue weighted by Crippen LogP contribution is 2.22. The lowest BCUT2D eigenvalue weighted by Crippen LogP contribution is -2.38. The van der Waals surface area contributed by atoms with Gasteiger partial charge in [0.25, 0.3) is 0 Å². The summed E-state index contributed by atoms with van der Waals surface area (Å²) in [4.78, 5) is 4.79. The van der Waals surface area contributed by atoms with Gasteiger partial charge in [0.2, 0.25) is 10.0 Å². The van der Waals surface area contributed by atoms with E-state index in [4.69, 9.17) is 0 Å². The van der Waals surface area contributed by atoms with Crippen LogP contribution in [-0.2, 0) is 23.0 Å². The third kappa shape index (κ3) is 6.54. The molecule has 1 fully saturated rings. The molecule has 0 spiro atoms. The van der Waals surface area contributed by atoms with Gasteiger partial charge in [-0.05, 0) is 55.5 Å². The number of benzene rings is 2. The van der Waals surface area contributed by atoms with Gasteiger partial charge in [-0.25, -0.2) is 22.5 Å². The molecule has 1 aliphatic rings. The minimum Gasteiger partial charge on any atom is -0.357 e.